The largest absolute Gasteiger partial charge is 0.419 e. The lowest BCUT2D eigenvalue weighted by atomic mass is 10.2. The fourth-order valence-electron chi connectivity index (χ4n) is 1.23. The van der Waals surface area contributed by atoms with Gasteiger partial charge in [0.05, 0.1) is 4.92 Å². The van der Waals surface area contributed by atoms with Crippen molar-refractivity contribution in [3.8, 4) is 0 Å². The molecule has 1 heterocycles. The molecule has 1 aromatic rings. The minimum Gasteiger partial charge on any atom is -0.258 e. The summed E-state index contributed by atoms with van der Waals surface area (Å²) in [6.45, 7) is 0. The highest BCUT2D eigenvalue weighted by molar-refractivity contribution is 7.89. The standard InChI is InChI=1S/C7H4F5N3O4S/c8-5(9)4-3(15(16)17)1-2(7(10,11)12)6(14-4)20(13,18)19/h1,5H,(H2,13,18,19). The number of alkyl halides is 5. The van der Waals surface area contributed by atoms with Crippen LogP contribution >= 0.6 is 0 Å². The van der Waals surface area contributed by atoms with Crippen molar-refractivity contribution in [2.24, 2.45) is 5.14 Å². The number of hydrogen-bond acceptors (Lipinski definition) is 5. The predicted octanol–water partition coefficient (Wildman–Crippen LogP) is 1.59. The Labute approximate surface area is 107 Å². The van der Waals surface area contributed by atoms with Gasteiger partial charge in [0.1, 0.15) is 5.56 Å². The molecule has 0 aromatic carbocycles. The van der Waals surface area contributed by atoms with Crippen molar-refractivity contribution in [3.05, 3.63) is 27.4 Å². The molecule has 0 spiro atoms. The molecular weight excluding hydrogens is 317 g/mol. The third-order valence-corrected chi connectivity index (χ3v) is 2.82. The molecule has 13 heteroatoms. The summed E-state index contributed by atoms with van der Waals surface area (Å²) < 4.78 is 84.7. The van der Waals surface area contributed by atoms with Crippen molar-refractivity contribution in [2.75, 3.05) is 0 Å². The molecule has 0 radical (unpaired) electrons. The first-order chi connectivity index (χ1) is 8.85. The monoisotopic (exact) mass is 321 g/mol. The maximum Gasteiger partial charge on any atom is 0.419 e. The maximum atomic E-state index is 12.6. The molecule has 1 aromatic heterocycles. The Morgan fingerprint density at radius 2 is 1.85 bits per heavy atom. The zero-order chi connectivity index (χ0) is 15.9. The molecule has 0 unspecified atom stereocenters. The number of sulfonamides is 1. The van der Waals surface area contributed by atoms with Crippen LogP contribution in [0.4, 0.5) is 27.6 Å². The van der Waals surface area contributed by atoms with Gasteiger partial charge < -0.3 is 0 Å². The summed E-state index contributed by atoms with van der Waals surface area (Å²) >= 11 is 0. The van der Waals surface area contributed by atoms with Crippen molar-refractivity contribution < 1.29 is 35.3 Å². The number of pyridine rings is 1. The van der Waals surface area contributed by atoms with E-state index in [1.54, 1.807) is 0 Å². The highest BCUT2D eigenvalue weighted by Crippen LogP contribution is 2.38. The summed E-state index contributed by atoms with van der Waals surface area (Å²) in [6.07, 6.45) is -9.03. The van der Waals surface area contributed by atoms with E-state index in [-0.39, 0.29) is 6.07 Å². The molecule has 2 N–H and O–H groups in total. The lowest BCUT2D eigenvalue weighted by Gasteiger charge is -2.12. The highest BCUT2D eigenvalue weighted by atomic mass is 32.2. The van der Waals surface area contributed by atoms with E-state index >= 15 is 0 Å². The summed E-state index contributed by atoms with van der Waals surface area (Å²) in [5.74, 6) is 0. The molecule has 0 aliphatic carbocycles. The van der Waals surface area contributed by atoms with Crippen LogP contribution in [0.2, 0.25) is 0 Å². The molecule has 0 atom stereocenters. The average Bonchev–Trinajstić information content (AvgIpc) is 2.24. The second kappa shape index (κ2) is 4.90. The second-order valence-electron chi connectivity index (χ2n) is 3.35. The number of nitro groups is 1. The lowest BCUT2D eigenvalue weighted by Crippen LogP contribution is -2.22. The fourth-order valence-corrected chi connectivity index (χ4v) is 1.93. The van der Waals surface area contributed by atoms with Gasteiger partial charge in [0.25, 0.3) is 22.1 Å². The van der Waals surface area contributed by atoms with Crippen LogP contribution in [-0.4, -0.2) is 18.3 Å². The number of aromatic nitrogens is 1. The third-order valence-electron chi connectivity index (χ3n) is 1.97. The van der Waals surface area contributed by atoms with Crippen LogP contribution in [0.1, 0.15) is 17.7 Å². The van der Waals surface area contributed by atoms with Gasteiger partial charge in [-0.05, 0) is 0 Å². The van der Waals surface area contributed by atoms with Crippen LogP contribution in [-0.2, 0) is 16.2 Å². The number of rotatable bonds is 3. The van der Waals surface area contributed by atoms with Crippen molar-refractivity contribution >= 4 is 15.7 Å². The van der Waals surface area contributed by atoms with Crippen LogP contribution < -0.4 is 5.14 Å². The summed E-state index contributed by atoms with van der Waals surface area (Å²) in [7, 11) is -5.10. The van der Waals surface area contributed by atoms with Crippen molar-refractivity contribution in [3.63, 3.8) is 0 Å². The fraction of sp³-hybridized carbons (Fsp3) is 0.286. The molecule has 0 amide bonds. The SMILES string of the molecule is NS(=O)(=O)c1nc(C(F)F)c([N+](=O)[O-])cc1C(F)(F)F. The first-order valence-corrected chi connectivity index (χ1v) is 5.97. The molecule has 7 nitrogen and oxygen atoms in total. The molecule has 0 saturated carbocycles. The number of nitrogens with zero attached hydrogens (tertiary/aromatic N) is 2. The van der Waals surface area contributed by atoms with E-state index in [1.165, 1.54) is 0 Å². The van der Waals surface area contributed by atoms with Gasteiger partial charge >= 0.3 is 6.18 Å². The van der Waals surface area contributed by atoms with Crippen LogP contribution in [0.25, 0.3) is 0 Å². The van der Waals surface area contributed by atoms with Gasteiger partial charge in [0.2, 0.25) is 0 Å². The van der Waals surface area contributed by atoms with Crippen LogP contribution in [0.5, 0.6) is 0 Å². The Kier molecular flexibility index (Phi) is 3.96. The Bertz CT molecular complexity index is 657. The van der Waals surface area contributed by atoms with E-state index in [4.69, 9.17) is 0 Å². The van der Waals surface area contributed by atoms with E-state index in [1.807, 2.05) is 0 Å². The smallest absolute Gasteiger partial charge is 0.258 e. The zero-order valence-corrected chi connectivity index (χ0v) is 9.87. The zero-order valence-electron chi connectivity index (χ0n) is 9.06. The normalized spacial score (nSPS) is 12.8. The minimum atomic E-state index is -5.37. The highest BCUT2D eigenvalue weighted by Gasteiger charge is 2.41. The lowest BCUT2D eigenvalue weighted by molar-refractivity contribution is -0.387. The Morgan fingerprint density at radius 1 is 1.35 bits per heavy atom. The molecule has 0 saturated heterocycles. The van der Waals surface area contributed by atoms with Crippen molar-refractivity contribution in [1.29, 1.82) is 0 Å². The van der Waals surface area contributed by atoms with Crippen LogP contribution in [0, 0.1) is 10.1 Å². The molecule has 0 fully saturated rings. The summed E-state index contributed by atoms with van der Waals surface area (Å²) in [5.41, 5.74) is -5.46. The molecule has 0 aliphatic heterocycles. The van der Waals surface area contributed by atoms with Crippen LogP contribution in [0.15, 0.2) is 11.1 Å². The average molecular weight is 321 g/mol. The van der Waals surface area contributed by atoms with E-state index in [9.17, 15) is 40.5 Å². The van der Waals surface area contributed by atoms with E-state index < -0.39 is 49.5 Å². The molecular formula is C7H4F5N3O4S. The first kappa shape index (κ1) is 16.2. The van der Waals surface area contributed by atoms with Gasteiger partial charge in [0.15, 0.2) is 10.7 Å². The maximum absolute atomic E-state index is 12.6. The summed E-state index contributed by atoms with van der Waals surface area (Å²) in [5, 5.41) is 13.0. The molecule has 20 heavy (non-hydrogen) atoms. The second-order valence-corrected chi connectivity index (χ2v) is 4.82. The van der Waals surface area contributed by atoms with E-state index in [2.05, 4.69) is 10.1 Å². The Morgan fingerprint density at radius 3 is 2.15 bits per heavy atom. The number of hydrogen-bond donors (Lipinski definition) is 1. The minimum absolute atomic E-state index is 0.339. The van der Waals surface area contributed by atoms with Crippen molar-refractivity contribution in [2.45, 2.75) is 17.6 Å². The van der Waals surface area contributed by atoms with E-state index in [0.717, 1.165) is 0 Å². The first-order valence-electron chi connectivity index (χ1n) is 4.43. The topological polar surface area (TPSA) is 116 Å². The summed E-state index contributed by atoms with van der Waals surface area (Å²) in [4.78, 5) is 11.4. The number of nitrogens with two attached hydrogens (primary N) is 1. The van der Waals surface area contributed by atoms with Gasteiger partial charge in [-0.25, -0.2) is 27.3 Å². The molecule has 1 rings (SSSR count). The number of halogens is 5. The van der Waals surface area contributed by atoms with Crippen LogP contribution in [0.3, 0.4) is 0 Å². The molecule has 0 bridgehead atoms. The van der Waals surface area contributed by atoms with Gasteiger partial charge in [-0.3, -0.25) is 10.1 Å². The van der Waals surface area contributed by atoms with Gasteiger partial charge in [-0.2, -0.15) is 13.2 Å². The van der Waals surface area contributed by atoms with Crippen molar-refractivity contribution in [1.82, 2.24) is 4.98 Å². The molecule has 0 aliphatic rings. The van der Waals surface area contributed by atoms with E-state index in [0.29, 0.717) is 0 Å². The Balaban J connectivity index is 3.85. The Hall–Kier alpha value is -1.89. The quantitative estimate of drug-likeness (QED) is 0.515. The van der Waals surface area contributed by atoms with Gasteiger partial charge in [-0.15, -0.1) is 0 Å². The summed E-state index contributed by atoms with van der Waals surface area (Å²) in [6, 6.07) is -0.339. The molecule has 112 valence electrons. The van der Waals surface area contributed by atoms with Gasteiger partial charge in [0, 0.05) is 6.07 Å². The number of primary sulfonamides is 1. The third kappa shape index (κ3) is 3.16. The predicted molar refractivity (Wildman–Crippen MR) is 52.2 cm³/mol. The van der Waals surface area contributed by atoms with Gasteiger partial charge in [-0.1, -0.05) is 0 Å².